The van der Waals surface area contributed by atoms with Crippen molar-refractivity contribution < 1.29 is 0 Å². The maximum atomic E-state index is 8.76. The summed E-state index contributed by atoms with van der Waals surface area (Å²) in [6.07, 6.45) is 1.13. The first kappa shape index (κ1) is 16.0. The largest absolute Gasteiger partial charge is 0.357 e. The van der Waals surface area contributed by atoms with Gasteiger partial charge in [-0.25, -0.2) is 4.99 Å². The summed E-state index contributed by atoms with van der Waals surface area (Å²) in [5.74, 6) is 1.53. The maximum absolute atomic E-state index is 8.76. The molecular weight excluding hydrogens is 248 g/mol. The minimum absolute atomic E-state index is 0.614. The molecule has 2 N–H and O–H groups in total. The molecule has 108 valence electrons. The highest BCUT2D eigenvalue weighted by Gasteiger charge is 1.99. The van der Waals surface area contributed by atoms with Gasteiger partial charge in [-0.1, -0.05) is 26.0 Å². The molecule has 0 aliphatic rings. The molecule has 0 atom stereocenters. The van der Waals surface area contributed by atoms with Gasteiger partial charge in [0.05, 0.1) is 18.2 Å². The average molecular weight is 272 g/mol. The van der Waals surface area contributed by atoms with E-state index in [1.807, 2.05) is 24.3 Å². The predicted molar refractivity (Wildman–Crippen MR) is 83.4 cm³/mol. The molecule has 0 aliphatic heterocycles. The van der Waals surface area contributed by atoms with Gasteiger partial charge in [-0.05, 0) is 37.0 Å². The van der Waals surface area contributed by atoms with Gasteiger partial charge in [-0.3, -0.25) is 0 Å². The molecule has 0 heterocycles. The topological polar surface area (TPSA) is 60.2 Å². The number of guanidine groups is 1. The van der Waals surface area contributed by atoms with Crippen LogP contribution < -0.4 is 10.6 Å². The van der Waals surface area contributed by atoms with E-state index in [1.165, 1.54) is 0 Å². The van der Waals surface area contributed by atoms with Gasteiger partial charge in [0.2, 0.25) is 0 Å². The minimum atomic E-state index is 0.614. The summed E-state index contributed by atoms with van der Waals surface area (Å²) in [4.78, 5) is 4.55. The smallest absolute Gasteiger partial charge is 0.191 e. The summed E-state index contributed by atoms with van der Waals surface area (Å²) in [6.45, 7) is 8.87. The first-order chi connectivity index (χ1) is 9.65. The third kappa shape index (κ3) is 6.24. The van der Waals surface area contributed by atoms with Crippen molar-refractivity contribution in [2.45, 2.75) is 33.7 Å². The molecule has 0 fully saturated rings. The molecule has 1 aromatic carbocycles. The Kier molecular flexibility index (Phi) is 7.20. The number of nitrogens with one attached hydrogen (secondary N) is 2. The zero-order valence-electron chi connectivity index (χ0n) is 12.6. The summed E-state index contributed by atoms with van der Waals surface area (Å²) in [5, 5.41) is 15.3. The second-order valence-corrected chi connectivity index (χ2v) is 5.11. The molecular formula is C16H24N4. The van der Waals surface area contributed by atoms with E-state index in [4.69, 9.17) is 5.26 Å². The molecule has 0 amide bonds. The van der Waals surface area contributed by atoms with E-state index in [2.05, 4.69) is 42.5 Å². The molecule has 0 bridgehead atoms. The van der Waals surface area contributed by atoms with Crippen molar-refractivity contribution in [3.8, 4) is 6.07 Å². The van der Waals surface area contributed by atoms with E-state index in [-0.39, 0.29) is 0 Å². The lowest BCUT2D eigenvalue weighted by atomic mass is 10.1. The zero-order valence-corrected chi connectivity index (χ0v) is 12.6. The molecule has 0 saturated carbocycles. The van der Waals surface area contributed by atoms with Crippen LogP contribution in [0, 0.1) is 17.2 Å². The van der Waals surface area contributed by atoms with Gasteiger partial charge >= 0.3 is 0 Å². The summed E-state index contributed by atoms with van der Waals surface area (Å²) in [5.41, 5.74) is 1.78. The normalized spacial score (nSPS) is 11.2. The molecule has 1 aromatic rings. The second-order valence-electron chi connectivity index (χ2n) is 5.11. The number of aliphatic imine (C=N–C) groups is 1. The van der Waals surface area contributed by atoms with Gasteiger partial charge in [0.25, 0.3) is 0 Å². The lowest BCUT2D eigenvalue weighted by Crippen LogP contribution is -2.38. The van der Waals surface area contributed by atoms with Crippen molar-refractivity contribution in [2.75, 3.05) is 13.1 Å². The fourth-order valence-electron chi connectivity index (χ4n) is 1.68. The van der Waals surface area contributed by atoms with Crippen LogP contribution in [0.25, 0.3) is 0 Å². The van der Waals surface area contributed by atoms with Crippen LogP contribution in [0.1, 0.15) is 38.3 Å². The lowest BCUT2D eigenvalue weighted by Gasteiger charge is -2.12. The van der Waals surface area contributed by atoms with Crippen molar-refractivity contribution in [2.24, 2.45) is 10.9 Å². The predicted octanol–water partition coefficient (Wildman–Crippen LogP) is 2.66. The number of hydrogen-bond donors (Lipinski definition) is 2. The molecule has 4 heteroatoms. The molecule has 0 radical (unpaired) electrons. The minimum Gasteiger partial charge on any atom is -0.357 e. The Morgan fingerprint density at radius 2 is 1.95 bits per heavy atom. The average Bonchev–Trinajstić information content (AvgIpc) is 2.45. The lowest BCUT2D eigenvalue weighted by molar-refractivity contribution is 0.573. The highest BCUT2D eigenvalue weighted by Crippen LogP contribution is 2.04. The van der Waals surface area contributed by atoms with Gasteiger partial charge in [0.15, 0.2) is 5.96 Å². The fourth-order valence-corrected chi connectivity index (χ4v) is 1.68. The van der Waals surface area contributed by atoms with Crippen molar-refractivity contribution in [1.29, 1.82) is 5.26 Å². The highest BCUT2D eigenvalue weighted by atomic mass is 15.2. The Morgan fingerprint density at radius 3 is 2.50 bits per heavy atom. The Hall–Kier alpha value is -2.02. The second kappa shape index (κ2) is 8.98. The molecule has 1 rings (SSSR count). The summed E-state index contributed by atoms with van der Waals surface area (Å²) in [7, 11) is 0. The van der Waals surface area contributed by atoms with Crippen LogP contribution in [0.4, 0.5) is 0 Å². The van der Waals surface area contributed by atoms with Crippen molar-refractivity contribution in [1.82, 2.24) is 10.6 Å². The Balaban J connectivity index is 2.54. The van der Waals surface area contributed by atoms with Crippen LogP contribution in [0.5, 0.6) is 0 Å². The molecule has 4 nitrogen and oxygen atoms in total. The molecule has 0 unspecified atom stereocenters. The zero-order chi connectivity index (χ0) is 14.8. The Morgan fingerprint density at radius 1 is 1.25 bits per heavy atom. The number of rotatable bonds is 6. The van der Waals surface area contributed by atoms with Gasteiger partial charge in [0.1, 0.15) is 0 Å². The SMILES string of the molecule is CCNC(=NCc1ccc(C#N)cc1)NCCC(C)C. The van der Waals surface area contributed by atoms with Crippen LogP contribution in [0.15, 0.2) is 29.3 Å². The molecule has 0 spiro atoms. The van der Waals surface area contributed by atoms with E-state index in [0.717, 1.165) is 31.0 Å². The van der Waals surface area contributed by atoms with Crippen LogP contribution in [0.2, 0.25) is 0 Å². The maximum Gasteiger partial charge on any atom is 0.191 e. The van der Waals surface area contributed by atoms with Gasteiger partial charge in [0, 0.05) is 13.1 Å². The number of hydrogen-bond acceptors (Lipinski definition) is 2. The van der Waals surface area contributed by atoms with Gasteiger partial charge in [-0.15, -0.1) is 0 Å². The monoisotopic (exact) mass is 272 g/mol. The quantitative estimate of drug-likeness (QED) is 0.618. The van der Waals surface area contributed by atoms with Crippen LogP contribution in [0.3, 0.4) is 0 Å². The molecule has 0 saturated heterocycles. The van der Waals surface area contributed by atoms with E-state index in [9.17, 15) is 0 Å². The van der Waals surface area contributed by atoms with Crippen LogP contribution in [-0.4, -0.2) is 19.0 Å². The molecule has 0 aromatic heterocycles. The Bertz CT molecular complexity index is 454. The van der Waals surface area contributed by atoms with Gasteiger partial charge in [-0.2, -0.15) is 5.26 Å². The standard InChI is InChI=1S/C16H24N4/c1-4-18-16(19-10-9-13(2)3)20-12-15-7-5-14(11-17)6-8-15/h5-8,13H,4,9-10,12H2,1-3H3,(H2,18,19,20). The number of benzene rings is 1. The van der Waals surface area contributed by atoms with Crippen molar-refractivity contribution >= 4 is 5.96 Å². The van der Waals surface area contributed by atoms with Crippen molar-refractivity contribution in [3.63, 3.8) is 0 Å². The van der Waals surface area contributed by atoms with Gasteiger partial charge < -0.3 is 10.6 Å². The first-order valence-corrected chi connectivity index (χ1v) is 7.17. The number of nitrogens with zero attached hydrogens (tertiary/aromatic N) is 2. The third-order valence-electron chi connectivity index (χ3n) is 2.86. The Labute approximate surface area is 121 Å². The van der Waals surface area contributed by atoms with E-state index >= 15 is 0 Å². The first-order valence-electron chi connectivity index (χ1n) is 7.17. The van der Waals surface area contributed by atoms with E-state index < -0.39 is 0 Å². The summed E-state index contributed by atoms with van der Waals surface area (Å²) >= 11 is 0. The van der Waals surface area contributed by atoms with Crippen molar-refractivity contribution in [3.05, 3.63) is 35.4 Å². The fraction of sp³-hybridized carbons (Fsp3) is 0.500. The third-order valence-corrected chi connectivity index (χ3v) is 2.86. The summed E-state index contributed by atoms with van der Waals surface area (Å²) in [6, 6.07) is 9.65. The van der Waals surface area contributed by atoms with Crippen LogP contribution >= 0.6 is 0 Å². The molecule has 20 heavy (non-hydrogen) atoms. The highest BCUT2D eigenvalue weighted by molar-refractivity contribution is 5.79. The number of nitriles is 1. The van der Waals surface area contributed by atoms with Crippen LogP contribution in [-0.2, 0) is 6.54 Å². The molecule has 0 aliphatic carbocycles. The van der Waals surface area contributed by atoms with E-state index in [1.54, 1.807) is 0 Å². The summed E-state index contributed by atoms with van der Waals surface area (Å²) < 4.78 is 0. The van der Waals surface area contributed by atoms with E-state index in [0.29, 0.717) is 18.0 Å².